The summed E-state index contributed by atoms with van der Waals surface area (Å²) < 4.78 is 7.45. The Balaban J connectivity index is 2.49. The molecule has 0 aliphatic carbocycles. The number of hydrogen-bond acceptors (Lipinski definition) is 3. The van der Waals surface area contributed by atoms with Gasteiger partial charge in [-0.25, -0.2) is 4.98 Å². The standard InChI is InChI=1S/C22H31BrN2O/c1-7-10-19-20(25-18(8-2)9-3)13-16(6)24-22(19)26-21-14(4)11-17(23)12-15(21)5/h11-13,18H,7-10H2,1-6H3,(H,24,25). The highest BCUT2D eigenvalue weighted by molar-refractivity contribution is 9.10. The first-order chi connectivity index (χ1) is 12.4. The molecule has 0 amide bonds. The molecule has 0 radical (unpaired) electrons. The van der Waals surface area contributed by atoms with E-state index < -0.39 is 0 Å². The van der Waals surface area contributed by atoms with Gasteiger partial charge in [0.25, 0.3) is 0 Å². The van der Waals surface area contributed by atoms with Crippen molar-refractivity contribution < 1.29 is 4.74 Å². The summed E-state index contributed by atoms with van der Waals surface area (Å²) >= 11 is 3.56. The SMILES string of the molecule is CCCc1c(NC(CC)CC)cc(C)nc1Oc1c(C)cc(Br)cc1C. The van der Waals surface area contributed by atoms with Crippen molar-refractivity contribution in [2.75, 3.05) is 5.32 Å². The van der Waals surface area contributed by atoms with Crippen LogP contribution in [0.3, 0.4) is 0 Å². The van der Waals surface area contributed by atoms with E-state index in [9.17, 15) is 0 Å². The molecule has 2 aromatic rings. The lowest BCUT2D eigenvalue weighted by atomic mass is 10.1. The fourth-order valence-corrected chi connectivity index (χ4v) is 3.93. The minimum atomic E-state index is 0.469. The van der Waals surface area contributed by atoms with Crippen LogP contribution in [0.5, 0.6) is 11.6 Å². The Morgan fingerprint density at radius 3 is 2.19 bits per heavy atom. The third-order valence-corrected chi connectivity index (χ3v) is 5.14. The van der Waals surface area contributed by atoms with Crippen LogP contribution in [0.2, 0.25) is 0 Å². The van der Waals surface area contributed by atoms with Crippen LogP contribution < -0.4 is 10.1 Å². The summed E-state index contributed by atoms with van der Waals surface area (Å²) in [6.07, 6.45) is 4.20. The van der Waals surface area contributed by atoms with Gasteiger partial charge in [0.15, 0.2) is 0 Å². The van der Waals surface area contributed by atoms with Crippen molar-refractivity contribution in [3.05, 3.63) is 45.1 Å². The van der Waals surface area contributed by atoms with Crippen LogP contribution in [-0.4, -0.2) is 11.0 Å². The number of aromatic nitrogens is 1. The molecule has 2 rings (SSSR count). The van der Waals surface area contributed by atoms with Crippen molar-refractivity contribution in [2.45, 2.75) is 73.3 Å². The Kier molecular flexibility index (Phi) is 7.51. The van der Waals surface area contributed by atoms with Crippen LogP contribution in [0.4, 0.5) is 5.69 Å². The van der Waals surface area contributed by atoms with Gasteiger partial charge in [0.05, 0.1) is 0 Å². The van der Waals surface area contributed by atoms with E-state index in [4.69, 9.17) is 9.72 Å². The third-order valence-electron chi connectivity index (χ3n) is 4.68. The quantitative estimate of drug-likeness (QED) is 0.495. The topological polar surface area (TPSA) is 34.2 Å². The molecule has 142 valence electrons. The third kappa shape index (κ3) is 5.00. The van der Waals surface area contributed by atoms with Gasteiger partial charge in [0.1, 0.15) is 5.75 Å². The van der Waals surface area contributed by atoms with E-state index in [1.54, 1.807) is 0 Å². The summed E-state index contributed by atoms with van der Waals surface area (Å²) in [5.41, 5.74) is 5.53. The molecule has 0 fully saturated rings. The van der Waals surface area contributed by atoms with E-state index in [1.165, 1.54) is 5.56 Å². The van der Waals surface area contributed by atoms with Gasteiger partial charge in [-0.05, 0) is 69.4 Å². The molecule has 3 nitrogen and oxygen atoms in total. The van der Waals surface area contributed by atoms with Gasteiger partial charge < -0.3 is 10.1 Å². The molecule has 1 aromatic carbocycles. The molecular weight excluding hydrogens is 388 g/mol. The fourth-order valence-electron chi connectivity index (χ4n) is 3.24. The molecule has 0 bridgehead atoms. The van der Waals surface area contributed by atoms with E-state index in [-0.39, 0.29) is 0 Å². The summed E-state index contributed by atoms with van der Waals surface area (Å²) in [7, 11) is 0. The molecule has 0 atom stereocenters. The summed E-state index contributed by atoms with van der Waals surface area (Å²) in [5.74, 6) is 1.63. The summed E-state index contributed by atoms with van der Waals surface area (Å²) in [4.78, 5) is 4.74. The van der Waals surface area contributed by atoms with E-state index in [0.717, 1.165) is 64.3 Å². The normalized spacial score (nSPS) is 11.1. The molecule has 0 aliphatic rings. The van der Waals surface area contributed by atoms with Gasteiger partial charge >= 0.3 is 0 Å². The number of anilines is 1. The number of ether oxygens (including phenoxy) is 1. The van der Waals surface area contributed by atoms with Gasteiger partial charge in [-0.15, -0.1) is 0 Å². The highest BCUT2D eigenvalue weighted by atomic mass is 79.9. The zero-order chi connectivity index (χ0) is 19.3. The average molecular weight is 419 g/mol. The van der Waals surface area contributed by atoms with Gasteiger partial charge in [-0.3, -0.25) is 0 Å². The van der Waals surface area contributed by atoms with E-state index in [0.29, 0.717) is 6.04 Å². The first kappa shape index (κ1) is 20.8. The second kappa shape index (κ2) is 9.40. The summed E-state index contributed by atoms with van der Waals surface area (Å²) in [5, 5.41) is 3.71. The molecule has 0 spiro atoms. The molecule has 4 heteroatoms. The van der Waals surface area contributed by atoms with Gasteiger partial charge in [-0.1, -0.05) is 43.1 Å². The Morgan fingerprint density at radius 2 is 1.65 bits per heavy atom. The minimum absolute atomic E-state index is 0.469. The second-order valence-corrected chi connectivity index (χ2v) is 7.89. The second-order valence-electron chi connectivity index (χ2n) is 6.97. The lowest BCUT2D eigenvalue weighted by molar-refractivity contribution is 0.448. The maximum atomic E-state index is 6.38. The molecular formula is C22H31BrN2O. The number of halogens is 1. The molecule has 1 aromatic heterocycles. The average Bonchev–Trinajstić information content (AvgIpc) is 2.58. The number of nitrogens with one attached hydrogen (secondary N) is 1. The lowest BCUT2D eigenvalue weighted by Crippen LogP contribution is -2.18. The van der Waals surface area contributed by atoms with Crippen molar-refractivity contribution in [1.82, 2.24) is 4.98 Å². The van der Waals surface area contributed by atoms with Gasteiger partial charge in [0, 0.05) is 27.5 Å². The maximum absolute atomic E-state index is 6.38. The molecule has 0 aliphatic heterocycles. The summed E-state index contributed by atoms with van der Waals surface area (Å²) in [6.45, 7) is 12.8. The van der Waals surface area contributed by atoms with Crippen LogP contribution in [0.25, 0.3) is 0 Å². The smallest absolute Gasteiger partial charge is 0.224 e. The maximum Gasteiger partial charge on any atom is 0.224 e. The molecule has 1 heterocycles. The zero-order valence-corrected chi connectivity index (χ0v) is 18.5. The lowest BCUT2D eigenvalue weighted by Gasteiger charge is -2.22. The number of hydrogen-bond donors (Lipinski definition) is 1. The molecule has 1 N–H and O–H groups in total. The number of rotatable bonds is 8. The Morgan fingerprint density at radius 1 is 1.04 bits per heavy atom. The zero-order valence-electron chi connectivity index (χ0n) is 16.9. The number of pyridine rings is 1. The van der Waals surface area contributed by atoms with Crippen LogP contribution in [0.15, 0.2) is 22.7 Å². The van der Waals surface area contributed by atoms with Crippen molar-refractivity contribution in [2.24, 2.45) is 0 Å². The number of aryl methyl sites for hydroxylation is 3. The summed E-state index contributed by atoms with van der Waals surface area (Å²) in [6, 6.07) is 6.79. The monoisotopic (exact) mass is 418 g/mol. The van der Waals surface area contributed by atoms with E-state index >= 15 is 0 Å². The van der Waals surface area contributed by atoms with Crippen molar-refractivity contribution in [3.63, 3.8) is 0 Å². The molecule has 26 heavy (non-hydrogen) atoms. The minimum Gasteiger partial charge on any atom is -0.438 e. The first-order valence-corrected chi connectivity index (χ1v) is 10.4. The van der Waals surface area contributed by atoms with Crippen molar-refractivity contribution in [3.8, 4) is 11.6 Å². The van der Waals surface area contributed by atoms with Crippen LogP contribution in [0, 0.1) is 20.8 Å². The predicted octanol–water partition coefficient (Wildman–Crippen LogP) is 7.11. The Hall–Kier alpha value is -1.55. The number of nitrogens with zero attached hydrogens (tertiary/aromatic N) is 1. The molecule has 0 saturated carbocycles. The number of benzene rings is 1. The van der Waals surface area contributed by atoms with E-state index in [2.05, 4.69) is 74.1 Å². The highest BCUT2D eigenvalue weighted by Crippen LogP contribution is 2.35. The van der Waals surface area contributed by atoms with Crippen molar-refractivity contribution >= 4 is 21.6 Å². The van der Waals surface area contributed by atoms with Crippen LogP contribution in [0.1, 0.15) is 62.4 Å². The highest BCUT2D eigenvalue weighted by Gasteiger charge is 2.17. The Labute approximate surface area is 166 Å². The van der Waals surface area contributed by atoms with Crippen LogP contribution in [-0.2, 0) is 6.42 Å². The first-order valence-electron chi connectivity index (χ1n) is 9.61. The predicted molar refractivity (Wildman–Crippen MR) is 115 cm³/mol. The fraction of sp³-hybridized carbons (Fsp3) is 0.500. The largest absolute Gasteiger partial charge is 0.438 e. The van der Waals surface area contributed by atoms with Gasteiger partial charge in [-0.2, -0.15) is 0 Å². The molecule has 0 saturated heterocycles. The van der Waals surface area contributed by atoms with Crippen LogP contribution >= 0.6 is 15.9 Å². The van der Waals surface area contributed by atoms with E-state index in [1.807, 2.05) is 6.92 Å². The van der Waals surface area contributed by atoms with Gasteiger partial charge in [0.2, 0.25) is 5.88 Å². The Bertz CT molecular complexity index is 731. The molecule has 0 unspecified atom stereocenters. The van der Waals surface area contributed by atoms with Crippen molar-refractivity contribution in [1.29, 1.82) is 0 Å².